The smallest absolute Gasteiger partial charge is 0.105 e. The van der Waals surface area contributed by atoms with Gasteiger partial charge in [-0.1, -0.05) is 6.92 Å². The minimum absolute atomic E-state index is 0.344. The fraction of sp³-hybridized carbons (Fsp3) is 0.933. The van der Waals surface area contributed by atoms with Gasteiger partial charge in [-0.25, -0.2) is 0 Å². The van der Waals surface area contributed by atoms with Gasteiger partial charge in [0.2, 0.25) is 0 Å². The number of hydrogen-bond donors (Lipinski definition) is 1. The van der Waals surface area contributed by atoms with Crippen molar-refractivity contribution in [3.63, 3.8) is 0 Å². The van der Waals surface area contributed by atoms with Crippen molar-refractivity contribution in [3.05, 3.63) is 0 Å². The number of likely N-dealkylation sites (tertiary alicyclic amines) is 1. The molecule has 2 unspecified atom stereocenters. The van der Waals surface area contributed by atoms with Gasteiger partial charge in [-0.15, -0.1) is 0 Å². The molecule has 18 heavy (non-hydrogen) atoms. The average Bonchev–Trinajstić information content (AvgIpc) is 3.13. The van der Waals surface area contributed by atoms with Crippen LogP contribution in [0.15, 0.2) is 0 Å². The first-order valence-electron chi connectivity index (χ1n) is 7.45. The molecule has 2 rings (SSSR count). The van der Waals surface area contributed by atoms with Crippen LogP contribution in [-0.2, 0) is 0 Å². The summed E-state index contributed by atoms with van der Waals surface area (Å²) in [6.07, 6.45) is 6.04. The zero-order chi connectivity index (χ0) is 13.2. The fourth-order valence-corrected chi connectivity index (χ4v) is 3.00. The molecule has 0 amide bonds. The Kier molecular flexibility index (Phi) is 4.29. The third-order valence-electron chi connectivity index (χ3n) is 4.49. The predicted octanol–water partition coefficient (Wildman–Crippen LogP) is 2.53. The van der Waals surface area contributed by atoms with E-state index in [1.54, 1.807) is 0 Å². The van der Waals surface area contributed by atoms with E-state index in [0.717, 1.165) is 12.3 Å². The first-order valence-corrected chi connectivity index (χ1v) is 7.45. The molecule has 2 atom stereocenters. The predicted molar refractivity (Wildman–Crippen MR) is 74.2 cm³/mol. The maximum Gasteiger partial charge on any atom is 0.105 e. The lowest BCUT2D eigenvalue weighted by Crippen LogP contribution is -2.49. The van der Waals surface area contributed by atoms with Crippen molar-refractivity contribution >= 4 is 0 Å². The first kappa shape index (κ1) is 13.8. The average molecular weight is 249 g/mol. The molecule has 1 heterocycles. The van der Waals surface area contributed by atoms with E-state index in [1.165, 1.54) is 38.8 Å². The van der Waals surface area contributed by atoms with Crippen LogP contribution in [-0.4, -0.2) is 35.6 Å². The van der Waals surface area contributed by atoms with Crippen molar-refractivity contribution in [2.75, 3.05) is 13.1 Å². The summed E-state index contributed by atoms with van der Waals surface area (Å²) >= 11 is 0. The van der Waals surface area contributed by atoms with Crippen LogP contribution < -0.4 is 5.32 Å². The molecule has 3 nitrogen and oxygen atoms in total. The van der Waals surface area contributed by atoms with E-state index in [0.29, 0.717) is 12.1 Å². The highest BCUT2D eigenvalue weighted by Crippen LogP contribution is 2.26. The van der Waals surface area contributed by atoms with Crippen LogP contribution in [0.1, 0.15) is 52.9 Å². The van der Waals surface area contributed by atoms with E-state index < -0.39 is 0 Å². The fourth-order valence-electron chi connectivity index (χ4n) is 3.00. The van der Waals surface area contributed by atoms with Gasteiger partial charge >= 0.3 is 0 Å². The summed E-state index contributed by atoms with van der Waals surface area (Å²) in [5, 5.41) is 12.9. The maximum atomic E-state index is 9.42. The number of nitriles is 1. The van der Waals surface area contributed by atoms with Gasteiger partial charge in [0.1, 0.15) is 5.54 Å². The molecule has 1 saturated heterocycles. The number of hydrogen-bond acceptors (Lipinski definition) is 3. The van der Waals surface area contributed by atoms with Crippen molar-refractivity contribution < 1.29 is 0 Å². The molecule has 0 aromatic heterocycles. The highest BCUT2D eigenvalue weighted by molar-refractivity contribution is 5.08. The Hall–Kier alpha value is -0.590. The molecule has 1 aliphatic carbocycles. The summed E-state index contributed by atoms with van der Waals surface area (Å²) in [5.41, 5.74) is -0.344. The highest BCUT2D eigenvalue weighted by atomic mass is 15.2. The lowest BCUT2D eigenvalue weighted by Gasteiger charge is -2.38. The molecular weight excluding hydrogens is 222 g/mol. The first-order chi connectivity index (χ1) is 8.52. The second kappa shape index (κ2) is 5.59. The molecule has 1 saturated carbocycles. The summed E-state index contributed by atoms with van der Waals surface area (Å²) < 4.78 is 0. The second-order valence-corrected chi connectivity index (χ2v) is 6.63. The van der Waals surface area contributed by atoms with Crippen molar-refractivity contribution in [1.29, 1.82) is 5.26 Å². The summed E-state index contributed by atoms with van der Waals surface area (Å²) in [6, 6.07) is 3.60. The minimum Gasteiger partial charge on any atom is -0.301 e. The van der Waals surface area contributed by atoms with E-state index in [2.05, 4.69) is 37.1 Å². The van der Waals surface area contributed by atoms with E-state index >= 15 is 0 Å². The van der Waals surface area contributed by atoms with Gasteiger partial charge in [0.15, 0.2) is 0 Å². The highest BCUT2D eigenvalue weighted by Gasteiger charge is 2.35. The van der Waals surface area contributed by atoms with E-state index in [4.69, 9.17) is 0 Å². The van der Waals surface area contributed by atoms with Crippen LogP contribution in [0.3, 0.4) is 0 Å². The summed E-state index contributed by atoms with van der Waals surface area (Å²) in [7, 11) is 0. The van der Waals surface area contributed by atoms with Crippen LogP contribution in [0.4, 0.5) is 0 Å². The van der Waals surface area contributed by atoms with Gasteiger partial charge in [0, 0.05) is 12.1 Å². The van der Waals surface area contributed by atoms with E-state index in [9.17, 15) is 5.26 Å². The molecule has 2 fully saturated rings. The molecule has 1 N–H and O–H groups in total. The molecule has 0 aromatic rings. The van der Waals surface area contributed by atoms with Gasteiger partial charge < -0.3 is 4.90 Å². The monoisotopic (exact) mass is 249 g/mol. The topological polar surface area (TPSA) is 39.1 Å². The third-order valence-corrected chi connectivity index (χ3v) is 4.49. The van der Waals surface area contributed by atoms with Gasteiger partial charge in [0.25, 0.3) is 0 Å². The summed E-state index contributed by atoms with van der Waals surface area (Å²) in [5.74, 6) is 0.875. The normalized spacial score (nSPS) is 27.4. The number of rotatable bonds is 5. The zero-order valence-electron chi connectivity index (χ0n) is 12.1. The molecule has 3 heteroatoms. The molecule has 102 valence electrons. The largest absolute Gasteiger partial charge is 0.301 e. The van der Waals surface area contributed by atoms with Crippen LogP contribution >= 0.6 is 0 Å². The van der Waals surface area contributed by atoms with Crippen molar-refractivity contribution in [3.8, 4) is 6.07 Å². The number of piperidine rings is 1. The number of nitrogens with zero attached hydrogens (tertiary/aromatic N) is 2. The molecule has 0 aromatic carbocycles. The van der Waals surface area contributed by atoms with Crippen molar-refractivity contribution in [2.45, 2.75) is 70.5 Å². The molecule has 0 radical (unpaired) electrons. The lowest BCUT2D eigenvalue weighted by molar-refractivity contribution is 0.127. The molecular formula is C15H27N3. The van der Waals surface area contributed by atoms with Crippen LogP contribution in [0.2, 0.25) is 0 Å². The minimum atomic E-state index is -0.344. The Bertz CT molecular complexity index is 310. The summed E-state index contributed by atoms with van der Waals surface area (Å²) in [6.45, 7) is 9.09. The van der Waals surface area contributed by atoms with E-state index in [-0.39, 0.29) is 5.54 Å². The van der Waals surface area contributed by atoms with Gasteiger partial charge in [-0.3, -0.25) is 5.32 Å². The van der Waals surface area contributed by atoms with Crippen LogP contribution in [0.5, 0.6) is 0 Å². The summed E-state index contributed by atoms with van der Waals surface area (Å²) in [4.78, 5) is 2.56. The Morgan fingerprint density at radius 3 is 2.44 bits per heavy atom. The second-order valence-electron chi connectivity index (χ2n) is 6.63. The Balaban J connectivity index is 1.84. The Morgan fingerprint density at radius 2 is 1.94 bits per heavy atom. The molecule has 1 aliphatic heterocycles. The standard InChI is InChI=1S/C15H27N3/c1-12-6-8-18(9-7-12)13(2)10-15(3,11-16)17-14-4-5-14/h12-14,17H,4-10H2,1-3H3. The Labute approximate surface area is 112 Å². The van der Waals surface area contributed by atoms with E-state index in [1.807, 2.05) is 0 Å². The third kappa shape index (κ3) is 3.70. The van der Waals surface area contributed by atoms with Gasteiger partial charge in [-0.2, -0.15) is 5.26 Å². The molecule has 0 spiro atoms. The molecule has 2 aliphatic rings. The van der Waals surface area contributed by atoms with Crippen LogP contribution in [0, 0.1) is 17.2 Å². The maximum absolute atomic E-state index is 9.42. The van der Waals surface area contributed by atoms with Crippen molar-refractivity contribution in [2.24, 2.45) is 5.92 Å². The zero-order valence-corrected chi connectivity index (χ0v) is 12.1. The van der Waals surface area contributed by atoms with Crippen LogP contribution in [0.25, 0.3) is 0 Å². The van der Waals surface area contributed by atoms with Gasteiger partial charge in [0.05, 0.1) is 6.07 Å². The lowest BCUT2D eigenvalue weighted by atomic mass is 9.91. The van der Waals surface area contributed by atoms with Gasteiger partial charge in [-0.05, 0) is 65.0 Å². The SMILES string of the molecule is CC1CCN(C(C)CC(C)(C#N)NC2CC2)CC1. The quantitative estimate of drug-likeness (QED) is 0.814. The number of nitrogens with one attached hydrogen (secondary N) is 1. The molecule has 0 bridgehead atoms. The van der Waals surface area contributed by atoms with Crippen molar-refractivity contribution in [1.82, 2.24) is 10.2 Å². The Morgan fingerprint density at radius 1 is 1.33 bits per heavy atom.